The number of anilines is 2. The van der Waals surface area contributed by atoms with Gasteiger partial charge in [-0.15, -0.1) is 0 Å². The second kappa shape index (κ2) is 5.39. The topological polar surface area (TPSA) is 77.4 Å². The first-order valence-corrected chi connectivity index (χ1v) is 5.68. The van der Waals surface area contributed by atoms with E-state index in [0.29, 0.717) is 12.4 Å². The minimum atomic E-state index is 0.197. The molecule has 0 saturated heterocycles. The van der Waals surface area contributed by atoms with Crippen molar-refractivity contribution in [3.05, 3.63) is 30.2 Å². The van der Waals surface area contributed by atoms with Gasteiger partial charge in [-0.05, 0) is 19.1 Å². The first kappa shape index (κ1) is 12.2. The van der Waals surface area contributed by atoms with Crippen molar-refractivity contribution < 1.29 is 9.15 Å². The third-order valence-electron chi connectivity index (χ3n) is 2.55. The van der Waals surface area contributed by atoms with Crippen molar-refractivity contribution in [2.75, 3.05) is 24.3 Å². The molecule has 6 nitrogen and oxygen atoms in total. The standard InChI is InChI=1S/C12H16N4O2/c1-3-16(8-9-5-4-6-18-9)10-7-11(17-2)15-12(13)14-10/h4-7H,3,8H2,1-2H3,(H2,13,14,15). The number of hydrogen-bond acceptors (Lipinski definition) is 6. The maximum Gasteiger partial charge on any atom is 0.225 e. The Bertz CT molecular complexity index is 499. The van der Waals surface area contributed by atoms with Crippen LogP contribution in [0.25, 0.3) is 0 Å². The molecule has 2 aromatic heterocycles. The van der Waals surface area contributed by atoms with E-state index >= 15 is 0 Å². The summed E-state index contributed by atoms with van der Waals surface area (Å²) in [5, 5.41) is 0. The van der Waals surface area contributed by atoms with Crippen LogP contribution in [0, 0.1) is 0 Å². The van der Waals surface area contributed by atoms with Crippen LogP contribution in [-0.2, 0) is 6.54 Å². The number of aromatic nitrogens is 2. The molecule has 0 amide bonds. The second-order valence-electron chi connectivity index (χ2n) is 3.72. The summed E-state index contributed by atoms with van der Waals surface area (Å²) in [5.41, 5.74) is 5.65. The van der Waals surface area contributed by atoms with Gasteiger partial charge < -0.3 is 19.8 Å². The van der Waals surface area contributed by atoms with Crippen LogP contribution < -0.4 is 15.4 Å². The molecule has 2 heterocycles. The largest absolute Gasteiger partial charge is 0.481 e. The van der Waals surface area contributed by atoms with Crippen LogP contribution in [0.1, 0.15) is 12.7 Å². The zero-order valence-electron chi connectivity index (χ0n) is 10.5. The fourth-order valence-corrected chi connectivity index (χ4v) is 1.64. The first-order chi connectivity index (χ1) is 8.72. The van der Waals surface area contributed by atoms with E-state index in [0.717, 1.165) is 18.1 Å². The van der Waals surface area contributed by atoms with Crippen molar-refractivity contribution in [1.82, 2.24) is 9.97 Å². The van der Waals surface area contributed by atoms with Gasteiger partial charge in [-0.25, -0.2) is 0 Å². The number of nitrogens with two attached hydrogens (primary N) is 1. The highest BCUT2D eigenvalue weighted by Crippen LogP contribution is 2.20. The van der Waals surface area contributed by atoms with Crippen LogP contribution in [0.3, 0.4) is 0 Å². The molecular formula is C12H16N4O2. The van der Waals surface area contributed by atoms with Crippen LogP contribution in [-0.4, -0.2) is 23.6 Å². The maximum atomic E-state index is 5.65. The Hall–Kier alpha value is -2.24. The summed E-state index contributed by atoms with van der Waals surface area (Å²) >= 11 is 0. The number of hydrogen-bond donors (Lipinski definition) is 1. The van der Waals surface area contributed by atoms with Gasteiger partial charge in [0.25, 0.3) is 0 Å². The van der Waals surface area contributed by atoms with Gasteiger partial charge >= 0.3 is 0 Å². The van der Waals surface area contributed by atoms with Crippen molar-refractivity contribution in [1.29, 1.82) is 0 Å². The molecule has 96 valence electrons. The molecule has 2 N–H and O–H groups in total. The van der Waals surface area contributed by atoms with Crippen molar-refractivity contribution in [2.45, 2.75) is 13.5 Å². The molecule has 0 bridgehead atoms. The number of nitrogen functional groups attached to an aromatic ring is 1. The molecule has 0 radical (unpaired) electrons. The van der Waals surface area contributed by atoms with E-state index in [1.165, 1.54) is 0 Å². The highest BCUT2D eigenvalue weighted by atomic mass is 16.5. The molecule has 0 fully saturated rings. The smallest absolute Gasteiger partial charge is 0.225 e. The molecule has 0 aromatic carbocycles. The highest BCUT2D eigenvalue weighted by Gasteiger charge is 2.11. The van der Waals surface area contributed by atoms with Crippen LogP contribution in [0.5, 0.6) is 5.88 Å². The third-order valence-corrected chi connectivity index (χ3v) is 2.55. The quantitative estimate of drug-likeness (QED) is 0.867. The van der Waals surface area contributed by atoms with Crippen molar-refractivity contribution >= 4 is 11.8 Å². The Morgan fingerprint density at radius 1 is 1.44 bits per heavy atom. The minimum absolute atomic E-state index is 0.197. The van der Waals surface area contributed by atoms with Gasteiger partial charge in [0.2, 0.25) is 11.8 Å². The van der Waals surface area contributed by atoms with Crippen molar-refractivity contribution in [3.8, 4) is 5.88 Å². The van der Waals surface area contributed by atoms with Crippen LogP contribution in [0.4, 0.5) is 11.8 Å². The predicted octanol–water partition coefficient (Wildman–Crippen LogP) is 1.69. The van der Waals surface area contributed by atoms with E-state index in [-0.39, 0.29) is 5.95 Å². The highest BCUT2D eigenvalue weighted by molar-refractivity contribution is 5.45. The lowest BCUT2D eigenvalue weighted by Crippen LogP contribution is -2.23. The summed E-state index contributed by atoms with van der Waals surface area (Å²) in [6, 6.07) is 5.53. The summed E-state index contributed by atoms with van der Waals surface area (Å²) in [4.78, 5) is 10.2. The van der Waals surface area contributed by atoms with Crippen LogP contribution >= 0.6 is 0 Å². The summed E-state index contributed by atoms with van der Waals surface area (Å²) < 4.78 is 10.4. The number of rotatable bonds is 5. The molecule has 2 rings (SSSR count). The predicted molar refractivity (Wildman–Crippen MR) is 68.4 cm³/mol. The lowest BCUT2D eigenvalue weighted by atomic mass is 10.3. The Morgan fingerprint density at radius 2 is 2.28 bits per heavy atom. The summed E-state index contributed by atoms with van der Waals surface area (Å²) in [5.74, 6) is 2.24. The molecule has 0 atom stereocenters. The minimum Gasteiger partial charge on any atom is -0.481 e. The number of furan rings is 1. The van der Waals surface area contributed by atoms with Gasteiger partial charge in [0.1, 0.15) is 11.6 Å². The Kier molecular flexibility index (Phi) is 3.66. The molecule has 0 aliphatic carbocycles. The van der Waals surface area contributed by atoms with E-state index in [9.17, 15) is 0 Å². The summed E-state index contributed by atoms with van der Waals surface area (Å²) in [6.45, 7) is 3.44. The summed E-state index contributed by atoms with van der Waals surface area (Å²) in [7, 11) is 1.55. The second-order valence-corrected chi connectivity index (χ2v) is 3.72. The van der Waals surface area contributed by atoms with Crippen molar-refractivity contribution in [3.63, 3.8) is 0 Å². The molecule has 6 heteroatoms. The number of nitrogens with zero attached hydrogens (tertiary/aromatic N) is 3. The Labute approximate surface area is 105 Å². The molecular weight excluding hydrogens is 232 g/mol. The average molecular weight is 248 g/mol. The fourth-order valence-electron chi connectivity index (χ4n) is 1.64. The maximum absolute atomic E-state index is 5.65. The van der Waals surface area contributed by atoms with E-state index in [1.54, 1.807) is 19.4 Å². The van der Waals surface area contributed by atoms with Gasteiger partial charge in [0, 0.05) is 12.6 Å². The Morgan fingerprint density at radius 3 is 2.89 bits per heavy atom. The lowest BCUT2D eigenvalue weighted by Gasteiger charge is -2.21. The van der Waals surface area contributed by atoms with Crippen LogP contribution in [0.15, 0.2) is 28.9 Å². The lowest BCUT2D eigenvalue weighted by molar-refractivity contribution is 0.397. The SMILES string of the molecule is CCN(Cc1ccco1)c1cc(OC)nc(N)n1. The molecule has 0 spiro atoms. The third kappa shape index (κ3) is 2.71. The van der Waals surface area contributed by atoms with Crippen molar-refractivity contribution in [2.24, 2.45) is 0 Å². The zero-order chi connectivity index (χ0) is 13.0. The van der Waals surface area contributed by atoms with Gasteiger partial charge in [0.05, 0.1) is 19.9 Å². The first-order valence-electron chi connectivity index (χ1n) is 5.68. The molecule has 18 heavy (non-hydrogen) atoms. The van der Waals surface area contributed by atoms with Crippen LogP contribution in [0.2, 0.25) is 0 Å². The normalized spacial score (nSPS) is 10.3. The Balaban J connectivity index is 2.24. The van der Waals surface area contributed by atoms with Gasteiger partial charge in [-0.3, -0.25) is 0 Å². The molecule has 2 aromatic rings. The number of ether oxygens (including phenoxy) is 1. The molecule has 0 unspecified atom stereocenters. The monoisotopic (exact) mass is 248 g/mol. The summed E-state index contributed by atoms with van der Waals surface area (Å²) in [6.07, 6.45) is 1.65. The van der Waals surface area contributed by atoms with Gasteiger partial charge in [-0.2, -0.15) is 9.97 Å². The molecule has 0 aliphatic heterocycles. The molecule has 0 aliphatic rings. The van der Waals surface area contributed by atoms with E-state index in [2.05, 4.69) is 9.97 Å². The van der Waals surface area contributed by atoms with E-state index < -0.39 is 0 Å². The van der Waals surface area contributed by atoms with Gasteiger partial charge in [0.15, 0.2) is 0 Å². The van der Waals surface area contributed by atoms with E-state index in [1.807, 2.05) is 24.0 Å². The average Bonchev–Trinajstić information content (AvgIpc) is 2.88. The number of methoxy groups -OCH3 is 1. The fraction of sp³-hybridized carbons (Fsp3) is 0.333. The van der Waals surface area contributed by atoms with E-state index in [4.69, 9.17) is 14.9 Å². The van der Waals surface area contributed by atoms with Gasteiger partial charge in [-0.1, -0.05) is 0 Å². The molecule has 0 saturated carbocycles. The zero-order valence-corrected chi connectivity index (χ0v) is 10.5.